The molecule has 2 N–H and O–H groups in total. The molecule has 1 aliphatic rings. The summed E-state index contributed by atoms with van der Waals surface area (Å²) in [5, 5.41) is 6.21. The maximum atomic E-state index is 12.3. The molecule has 2 rings (SSSR count). The summed E-state index contributed by atoms with van der Waals surface area (Å²) in [4.78, 5) is 12.3. The van der Waals surface area contributed by atoms with Gasteiger partial charge in [0.1, 0.15) is 0 Å². The predicted octanol–water partition coefficient (Wildman–Crippen LogP) is 1.31. The number of carbonyl (C=O) groups is 1. The van der Waals surface area contributed by atoms with Gasteiger partial charge in [-0.2, -0.15) is 0 Å². The molecule has 1 fully saturated rings. The number of carbonyl (C=O) groups excluding carboxylic acids is 1. The first kappa shape index (κ1) is 15.0. The van der Waals surface area contributed by atoms with E-state index < -0.39 is 0 Å². The molecule has 4 nitrogen and oxygen atoms in total. The highest BCUT2D eigenvalue weighted by Crippen LogP contribution is 2.22. The first-order chi connectivity index (χ1) is 9.54. The van der Waals surface area contributed by atoms with Gasteiger partial charge in [0.2, 0.25) is 5.91 Å². The molecule has 1 aromatic rings. The number of amides is 1. The molecule has 110 valence electrons. The second kappa shape index (κ2) is 6.37. The quantitative estimate of drug-likeness (QED) is 0.852. The Morgan fingerprint density at radius 3 is 2.65 bits per heavy atom. The number of nitrogens with one attached hydrogen (secondary N) is 2. The molecular formula is C16H24N2O2. The number of ether oxygens (including phenoxy) is 1. The monoisotopic (exact) mass is 276 g/mol. The van der Waals surface area contributed by atoms with E-state index in [1.807, 2.05) is 25.2 Å². The van der Waals surface area contributed by atoms with E-state index in [0.29, 0.717) is 19.8 Å². The van der Waals surface area contributed by atoms with Gasteiger partial charge in [-0.15, -0.1) is 0 Å². The van der Waals surface area contributed by atoms with Gasteiger partial charge in [-0.1, -0.05) is 44.2 Å². The lowest BCUT2D eigenvalue weighted by atomic mass is 9.84. The fraction of sp³-hybridized carbons (Fsp3) is 0.562. The van der Waals surface area contributed by atoms with Crippen molar-refractivity contribution in [1.82, 2.24) is 10.6 Å². The standard InChI is InChI=1S/C16H24N2O2/c1-16(2,12-7-5-4-6-8-12)11-18-15(19)13-9-20-10-14(13)17-3/h4-8,13-14,17H,9-11H2,1-3H3,(H,18,19). The second-order valence-electron chi connectivity index (χ2n) is 6.01. The Morgan fingerprint density at radius 2 is 2.00 bits per heavy atom. The number of likely N-dealkylation sites (N-methyl/N-ethyl adjacent to an activating group) is 1. The second-order valence-corrected chi connectivity index (χ2v) is 6.01. The first-order valence-electron chi connectivity index (χ1n) is 7.13. The van der Waals surface area contributed by atoms with E-state index in [2.05, 4.69) is 36.6 Å². The first-order valence-corrected chi connectivity index (χ1v) is 7.13. The van der Waals surface area contributed by atoms with Crippen LogP contribution >= 0.6 is 0 Å². The molecule has 0 radical (unpaired) electrons. The minimum atomic E-state index is -0.0911. The Bertz CT molecular complexity index is 445. The van der Waals surface area contributed by atoms with Crippen molar-refractivity contribution in [2.24, 2.45) is 5.92 Å². The number of benzene rings is 1. The Morgan fingerprint density at radius 1 is 1.30 bits per heavy atom. The van der Waals surface area contributed by atoms with Crippen molar-refractivity contribution in [2.75, 3.05) is 26.8 Å². The lowest BCUT2D eigenvalue weighted by Crippen LogP contribution is -2.45. The molecule has 1 aliphatic heterocycles. The maximum Gasteiger partial charge on any atom is 0.227 e. The molecule has 1 saturated heterocycles. The molecular weight excluding hydrogens is 252 g/mol. The molecule has 0 aliphatic carbocycles. The molecule has 1 aromatic carbocycles. The highest BCUT2D eigenvalue weighted by molar-refractivity contribution is 5.80. The average molecular weight is 276 g/mol. The number of rotatable bonds is 5. The Kier molecular flexibility index (Phi) is 4.78. The van der Waals surface area contributed by atoms with Gasteiger partial charge in [0.15, 0.2) is 0 Å². The summed E-state index contributed by atoms with van der Waals surface area (Å²) >= 11 is 0. The normalized spacial score (nSPS) is 22.8. The van der Waals surface area contributed by atoms with E-state index in [1.165, 1.54) is 5.56 Å². The zero-order chi connectivity index (χ0) is 14.6. The van der Waals surface area contributed by atoms with Crippen LogP contribution in [0.2, 0.25) is 0 Å². The van der Waals surface area contributed by atoms with Crippen LogP contribution in [0.3, 0.4) is 0 Å². The van der Waals surface area contributed by atoms with E-state index >= 15 is 0 Å². The zero-order valence-electron chi connectivity index (χ0n) is 12.5. The van der Waals surface area contributed by atoms with E-state index in [1.54, 1.807) is 0 Å². The van der Waals surface area contributed by atoms with Crippen molar-refractivity contribution < 1.29 is 9.53 Å². The lowest BCUT2D eigenvalue weighted by Gasteiger charge is -2.27. The van der Waals surface area contributed by atoms with Crippen molar-refractivity contribution in [3.8, 4) is 0 Å². The van der Waals surface area contributed by atoms with Gasteiger partial charge >= 0.3 is 0 Å². The minimum Gasteiger partial charge on any atom is -0.379 e. The van der Waals surface area contributed by atoms with Crippen LogP contribution < -0.4 is 10.6 Å². The Labute approximate surface area is 120 Å². The fourth-order valence-electron chi connectivity index (χ4n) is 2.53. The van der Waals surface area contributed by atoms with E-state index in [-0.39, 0.29) is 23.3 Å². The third-order valence-electron chi connectivity index (χ3n) is 4.05. The van der Waals surface area contributed by atoms with E-state index in [9.17, 15) is 4.79 Å². The SMILES string of the molecule is CNC1COCC1C(=O)NCC(C)(C)c1ccccc1. The van der Waals surface area contributed by atoms with Crippen LogP contribution in [-0.4, -0.2) is 38.8 Å². The summed E-state index contributed by atoms with van der Waals surface area (Å²) in [6, 6.07) is 10.4. The van der Waals surface area contributed by atoms with Crippen molar-refractivity contribution >= 4 is 5.91 Å². The largest absolute Gasteiger partial charge is 0.379 e. The predicted molar refractivity (Wildman–Crippen MR) is 79.6 cm³/mol. The summed E-state index contributed by atoms with van der Waals surface area (Å²) in [5.74, 6) is -0.0163. The van der Waals surface area contributed by atoms with Crippen LogP contribution in [-0.2, 0) is 14.9 Å². The molecule has 0 bridgehead atoms. The molecule has 2 atom stereocenters. The summed E-state index contributed by atoms with van der Waals surface area (Å²) in [7, 11) is 1.87. The van der Waals surface area contributed by atoms with Gasteiger partial charge in [0, 0.05) is 18.0 Å². The molecule has 0 spiro atoms. The molecule has 20 heavy (non-hydrogen) atoms. The summed E-state index contributed by atoms with van der Waals surface area (Å²) in [6.45, 7) is 6.02. The molecule has 1 heterocycles. The highest BCUT2D eigenvalue weighted by Gasteiger charge is 2.33. The third kappa shape index (κ3) is 3.38. The van der Waals surface area contributed by atoms with Crippen LogP contribution in [0, 0.1) is 5.92 Å². The topological polar surface area (TPSA) is 50.4 Å². The Hall–Kier alpha value is -1.39. The van der Waals surface area contributed by atoms with Gasteiger partial charge in [-0.3, -0.25) is 4.79 Å². The third-order valence-corrected chi connectivity index (χ3v) is 4.05. The molecule has 2 unspecified atom stereocenters. The Balaban J connectivity index is 1.93. The maximum absolute atomic E-state index is 12.3. The highest BCUT2D eigenvalue weighted by atomic mass is 16.5. The van der Waals surface area contributed by atoms with Crippen LogP contribution in [0.15, 0.2) is 30.3 Å². The van der Waals surface area contributed by atoms with Gasteiger partial charge in [-0.25, -0.2) is 0 Å². The van der Waals surface area contributed by atoms with Gasteiger partial charge < -0.3 is 15.4 Å². The molecule has 0 aromatic heterocycles. The van der Waals surface area contributed by atoms with Crippen molar-refractivity contribution in [1.29, 1.82) is 0 Å². The minimum absolute atomic E-state index is 0.0749. The van der Waals surface area contributed by atoms with Crippen molar-refractivity contribution in [3.63, 3.8) is 0 Å². The van der Waals surface area contributed by atoms with Gasteiger partial charge in [-0.05, 0) is 12.6 Å². The van der Waals surface area contributed by atoms with Crippen LogP contribution in [0.5, 0.6) is 0 Å². The van der Waals surface area contributed by atoms with Crippen LogP contribution in [0.25, 0.3) is 0 Å². The van der Waals surface area contributed by atoms with Crippen LogP contribution in [0.4, 0.5) is 0 Å². The smallest absolute Gasteiger partial charge is 0.227 e. The summed E-state index contributed by atoms with van der Waals surface area (Å²) in [6.07, 6.45) is 0. The van der Waals surface area contributed by atoms with E-state index in [0.717, 1.165) is 0 Å². The molecule has 0 saturated carbocycles. The molecule has 4 heteroatoms. The van der Waals surface area contributed by atoms with Crippen LogP contribution in [0.1, 0.15) is 19.4 Å². The lowest BCUT2D eigenvalue weighted by molar-refractivity contribution is -0.125. The van der Waals surface area contributed by atoms with Gasteiger partial charge in [0.25, 0.3) is 0 Å². The number of hydrogen-bond acceptors (Lipinski definition) is 3. The number of hydrogen-bond donors (Lipinski definition) is 2. The fourth-order valence-corrected chi connectivity index (χ4v) is 2.53. The summed E-state index contributed by atoms with van der Waals surface area (Å²) in [5.41, 5.74) is 1.15. The van der Waals surface area contributed by atoms with Crippen molar-refractivity contribution in [2.45, 2.75) is 25.3 Å². The summed E-state index contributed by atoms with van der Waals surface area (Å²) < 4.78 is 5.37. The van der Waals surface area contributed by atoms with Gasteiger partial charge in [0.05, 0.1) is 19.1 Å². The molecule has 1 amide bonds. The average Bonchev–Trinajstić information content (AvgIpc) is 2.94. The van der Waals surface area contributed by atoms with Crippen molar-refractivity contribution in [3.05, 3.63) is 35.9 Å². The zero-order valence-corrected chi connectivity index (χ0v) is 12.5. The van der Waals surface area contributed by atoms with E-state index in [4.69, 9.17) is 4.74 Å².